The molecule has 0 bridgehead atoms. The molecule has 1 aromatic carbocycles. The van der Waals surface area contributed by atoms with E-state index < -0.39 is 0 Å². The van der Waals surface area contributed by atoms with Gasteiger partial charge in [0.25, 0.3) is 0 Å². The number of hydrogen-bond donors (Lipinski definition) is 2. The van der Waals surface area contributed by atoms with Crippen molar-refractivity contribution in [2.45, 2.75) is 38.6 Å². The maximum Gasteiger partial charge on any atom is 0.163 e. The zero-order chi connectivity index (χ0) is 17.9. The van der Waals surface area contributed by atoms with Crippen LogP contribution in [-0.4, -0.2) is 21.0 Å². The van der Waals surface area contributed by atoms with Gasteiger partial charge in [0.2, 0.25) is 0 Å². The van der Waals surface area contributed by atoms with E-state index in [2.05, 4.69) is 40.5 Å². The molecule has 1 aliphatic rings. The molecule has 1 fully saturated rings. The Morgan fingerprint density at radius 1 is 0.962 bits per heavy atom. The summed E-state index contributed by atoms with van der Waals surface area (Å²) >= 11 is 0. The standard InChI is InChI=1S/C21H23N5/c1-14(2)23-19-13-20(26-21(25-19)16-6-4-3-5-7-16)24-17-10-11-22-18(12-17)15-8-9-15/h3-7,10-15H,8-9H2,1-2H3,(H2,22,23,24,25,26). The molecule has 26 heavy (non-hydrogen) atoms. The SMILES string of the molecule is CC(C)Nc1cc(Nc2ccnc(C3CC3)c2)nc(-c2ccccc2)n1. The molecule has 132 valence electrons. The van der Waals surface area contributed by atoms with Crippen molar-refractivity contribution in [1.29, 1.82) is 0 Å². The highest BCUT2D eigenvalue weighted by Gasteiger charge is 2.24. The summed E-state index contributed by atoms with van der Waals surface area (Å²) < 4.78 is 0. The van der Waals surface area contributed by atoms with E-state index in [0.717, 1.165) is 28.6 Å². The van der Waals surface area contributed by atoms with Gasteiger partial charge >= 0.3 is 0 Å². The molecule has 0 unspecified atom stereocenters. The van der Waals surface area contributed by atoms with Crippen LogP contribution in [0.2, 0.25) is 0 Å². The van der Waals surface area contributed by atoms with Crippen LogP contribution in [0.4, 0.5) is 17.3 Å². The Morgan fingerprint density at radius 2 is 1.73 bits per heavy atom. The van der Waals surface area contributed by atoms with Crippen LogP contribution in [0, 0.1) is 0 Å². The molecule has 0 spiro atoms. The van der Waals surface area contributed by atoms with E-state index in [1.807, 2.05) is 48.7 Å². The highest BCUT2D eigenvalue weighted by atomic mass is 15.1. The van der Waals surface area contributed by atoms with Gasteiger partial charge in [-0.15, -0.1) is 0 Å². The summed E-state index contributed by atoms with van der Waals surface area (Å²) in [7, 11) is 0. The summed E-state index contributed by atoms with van der Waals surface area (Å²) in [5.74, 6) is 2.91. The van der Waals surface area contributed by atoms with Gasteiger partial charge in [0.15, 0.2) is 5.82 Å². The minimum Gasteiger partial charge on any atom is -0.368 e. The third kappa shape index (κ3) is 3.99. The quantitative estimate of drug-likeness (QED) is 0.660. The Balaban J connectivity index is 1.66. The average Bonchev–Trinajstić information content (AvgIpc) is 3.47. The zero-order valence-electron chi connectivity index (χ0n) is 15.1. The lowest BCUT2D eigenvalue weighted by atomic mass is 10.2. The summed E-state index contributed by atoms with van der Waals surface area (Å²) in [6.45, 7) is 4.20. The fourth-order valence-electron chi connectivity index (χ4n) is 2.87. The van der Waals surface area contributed by atoms with E-state index in [1.54, 1.807) is 0 Å². The lowest BCUT2D eigenvalue weighted by Crippen LogP contribution is -2.12. The Morgan fingerprint density at radius 3 is 2.46 bits per heavy atom. The molecular weight excluding hydrogens is 322 g/mol. The molecule has 1 aliphatic carbocycles. The molecule has 0 atom stereocenters. The first-order chi connectivity index (χ1) is 12.7. The van der Waals surface area contributed by atoms with Gasteiger partial charge in [0.1, 0.15) is 11.6 Å². The number of benzene rings is 1. The Labute approximate surface area is 153 Å². The third-order valence-electron chi connectivity index (χ3n) is 4.24. The molecular formula is C21H23N5. The van der Waals surface area contributed by atoms with Crippen molar-refractivity contribution in [3.63, 3.8) is 0 Å². The van der Waals surface area contributed by atoms with Gasteiger partial charge in [-0.1, -0.05) is 30.3 Å². The molecule has 0 aliphatic heterocycles. The van der Waals surface area contributed by atoms with Gasteiger partial charge in [-0.25, -0.2) is 9.97 Å². The van der Waals surface area contributed by atoms with Gasteiger partial charge in [-0.3, -0.25) is 4.98 Å². The van der Waals surface area contributed by atoms with Crippen molar-refractivity contribution in [1.82, 2.24) is 15.0 Å². The van der Waals surface area contributed by atoms with Crippen molar-refractivity contribution < 1.29 is 0 Å². The predicted molar refractivity (Wildman–Crippen MR) is 106 cm³/mol. The largest absolute Gasteiger partial charge is 0.368 e. The van der Waals surface area contributed by atoms with Crippen LogP contribution < -0.4 is 10.6 Å². The van der Waals surface area contributed by atoms with Gasteiger partial charge in [0, 0.05) is 41.2 Å². The number of pyridine rings is 1. The van der Waals surface area contributed by atoms with Crippen molar-refractivity contribution in [2.75, 3.05) is 10.6 Å². The van der Waals surface area contributed by atoms with Crippen LogP contribution in [0.15, 0.2) is 54.7 Å². The molecule has 2 heterocycles. The topological polar surface area (TPSA) is 62.7 Å². The number of hydrogen-bond acceptors (Lipinski definition) is 5. The van der Waals surface area contributed by atoms with Crippen molar-refractivity contribution in [3.05, 3.63) is 60.4 Å². The van der Waals surface area contributed by atoms with Crippen molar-refractivity contribution >= 4 is 17.3 Å². The number of nitrogens with one attached hydrogen (secondary N) is 2. The number of rotatable bonds is 6. The second kappa shape index (κ2) is 7.12. The summed E-state index contributed by atoms with van der Waals surface area (Å²) in [6.07, 6.45) is 4.34. The van der Waals surface area contributed by atoms with Gasteiger partial charge in [0.05, 0.1) is 0 Å². The van der Waals surface area contributed by atoms with Crippen LogP contribution in [0.25, 0.3) is 11.4 Å². The van der Waals surface area contributed by atoms with Crippen LogP contribution in [0.3, 0.4) is 0 Å². The lowest BCUT2D eigenvalue weighted by Gasteiger charge is -2.14. The minimum atomic E-state index is 0.295. The maximum atomic E-state index is 4.71. The lowest BCUT2D eigenvalue weighted by molar-refractivity contribution is 0.887. The van der Waals surface area contributed by atoms with E-state index in [-0.39, 0.29) is 0 Å². The summed E-state index contributed by atoms with van der Waals surface area (Å²) in [6, 6.07) is 16.4. The molecule has 1 saturated carbocycles. The normalized spacial score (nSPS) is 13.7. The van der Waals surface area contributed by atoms with Crippen LogP contribution in [-0.2, 0) is 0 Å². The van der Waals surface area contributed by atoms with E-state index in [9.17, 15) is 0 Å². The molecule has 4 rings (SSSR count). The Bertz CT molecular complexity index is 888. The van der Waals surface area contributed by atoms with E-state index in [4.69, 9.17) is 4.98 Å². The first-order valence-corrected chi connectivity index (χ1v) is 9.11. The molecule has 3 aromatic rings. The van der Waals surface area contributed by atoms with E-state index >= 15 is 0 Å². The highest BCUT2D eigenvalue weighted by Crippen LogP contribution is 2.39. The summed E-state index contributed by atoms with van der Waals surface area (Å²) in [5.41, 5.74) is 3.17. The number of aromatic nitrogens is 3. The van der Waals surface area contributed by atoms with Crippen molar-refractivity contribution in [2.24, 2.45) is 0 Å². The first kappa shape index (κ1) is 16.5. The van der Waals surface area contributed by atoms with Crippen LogP contribution >= 0.6 is 0 Å². The molecule has 2 N–H and O–H groups in total. The number of nitrogens with zero attached hydrogens (tertiary/aromatic N) is 3. The van der Waals surface area contributed by atoms with Crippen molar-refractivity contribution in [3.8, 4) is 11.4 Å². The summed E-state index contributed by atoms with van der Waals surface area (Å²) in [4.78, 5) is 13.9. The molecule has 0 saturated heterocycles. The fourth-order valence-corrected chi connectivity index (χ4v) is 2.87. The Kier molecular flexibility index (Phi) is 4.52. The second-order valence-corrected chi connectivity index (χ2v) is 7.00. The molecule has 2 aromatic heterocycles. The molecule has 5 nitrogen and oxygen atoms in total. The van der Waals surface area contributed by atoms with Gasteiger partial charge in [-0.05, 0) is 38.8 Å². The zero-order valence-corrected chi connectivity index (χ0v) is 15.1. The Hall–Kier alpha value is -2.95. The van der Waals surface area contributed by atoms with Crippen LogP contribution in [0.5, 0.6) is 0 Å². The highest BCUT2D eigenvalue weighted by molar-refractivity contribution is 5.65. The summed E-state index contributed by atoms with van der Waals surface area (Å²) in [5, 5.41) is 6.80. The average molecular weight is 345 g/mol. The van der Waals surface area contributed by atoms with E-state index in [1.165, 1.54) is 12.8 Å². The second-order valence-electron chi connectivity index (χ2n) is 7.00. The monoisotopic (exact) mass is 345 g/mol. The predicted octanol–water partition coefficient (Wildman–Crippen LogP) is 4.98. The van der Waals surface area contributed by atoms with Gasteiger partial charge in [-0.2, -0.15) is 0 Å². The maximum absolute atomic E-state index is 4.71. The molecule has 0 amide bonds. The third-order valence-corrected chi connectivity index (χ3v) is 4.24. The van der Waals surface area contributed by atoms with Gasteiger partial charge < -0.3 is 10.6 Å². The van der Waals surface area contributed by atoms with Crippen LogP contribution in [0.1, 0.15) is 38.3 Å². The molecule has 5 heteroatoms. The first-order valence-electron chi connectivity index (χ1n) is 9.11. The molecule has 0 radical (unpaired) electrons. The minimum absolute atomic E-state index is 0.295. The smallest absolute Gasteiger partial charge is 0.163 e. The van der Waals surface area contributed by atoms with E-state index in [0.29, 0.717) is 17.8 Å². The number of anilines is 3. The fraction of sp³-hybridized carbons (Fsp3) is 0.286.